The van der Waals surface area contributed by atoms with Crippen molar-refractivity contribution < 1.29 is 23.1 Å². The summed E-state index contributed by atoms with van der Waals surface area (Å²) in [5, 5.41) is 3.12. The summed E-state index contributed by atoms with van der Waals surface area (Å²) in [6, 6.07) is 15.9. The van der Waals surface area contributed by atoms with Crippen molar-refractivity contribution in [2.24, 2.45) is 0 Å². The lowest BCUT2D eigenvalue weighted by atomic mass is 10.2. The highest BCUT2D eigenvalue weighted by Gasteiger charge is 2.21. The molecule has 1 amide bonds. The number of hydrogen-bond acceptors (Lipinski definition) is 4. The molecule has 28 heavy (non-hydrogen) atoms. The van der Waals surface area contributed by atoms with E-state index in [1.54, 1.807) is 42.5 Å². The highest BCUT2D eigenvalue weighted by molar-refractivity contribution is 6.33. The number of amides is 1. The maximum absolute atomic E-state index is 12.9. The summed E-state index contributed by atoms with van der Waals surface area (Å²) in [6.45, 7) is 1.65. The average molecular weight is 402 g/mol. The lowest BCUT2D eigenvalue weighted by Gasteiger charge is -2.12. The predicted molar refractivity (Wildman–Crippen MR) is 102 cm³/mol. The lowest BCUT2D eigenvalue weighted by molar-refractivity contribution is -0.129. The Morgan fingerprint density at radius 2 is 1.82 bits per heavy atom. The molecule has 0 saturated heterocycles. The maximum Gasteiger partial charge on any atom is 0.375 e. The van der Waals surface area contributed by atoms with E-state index in [1.165, 1.54) is 25.1 Å². The topological polar surface area (TPSA) is 68.5 Å². The number of halogens is 2. The Morgan fingerprint density at radius 1 is 1.11 bits per heavy atom. The number of benzene rings is 2. The first-order valence-electron chi connectivity index (χ1n) is 8.52. The first kappa shape index (κ1) is 19.6. The second-order valence-electron chi connectivity index (χ2n) is 6.04. The van der Waals surface area contributed by atoms with Crippen LogP contribution in [0.15, 0.2) is 65.1 Å². The Hall–Kier alpha value is -3.12. The minimum Gasteiger partial charge on any atom is -0.449 e. The molecule has 0 aliphatic carbocycles. The van der Waals surface area contributed by atoms with Gasteiger partial charge in [0.1, 0.15) is 11.6 Å². The summed E-state index contributed by atoms with van der Waals surface area (Å²) in [7, 11) is 0. The monoisotopic (exact) mass is 401 g/mol. The molecule has 7 heteroatoms. The van der Waals surface area contributed by atoms with Crippen LogP contribution in [0.1, 0.15) is 23.0 Å². The summed E-state index contributed by atoms with van der Waals surface area (Å²) >= 11 is 6.12. The second kappa shape index (κ2) is 8.71. The van der Waals surface area contributed by atoms with Crippen molar-refractivity contribution in [1.82, 2.24) is 5.32 Å². The van der Waals surface area contributed by atoms with Crippen molar-refractivity contribution >= 4 is 23.5 Å². The van der Waals surface area contributed by atoms with E-state index >= 15 is 0 Å². The number of esters is 1. The van der Waals surface area contributed by atoms with Gasteiger partial charge in [-0.15, -0.1) is 0 Å². The van der Waals surface area contributed by atoms with Crippen LogP contribution in [0.5, 0.6) is 0 Å². The van der Waals surface area contributed by atoms with Crippen LogP contribution in [-0.4, -0.2) is 18.0 Å². The normalized spacial score (nSPS) is 11.7. The Balaban J connectivity index is 1.57. The van der Waals surface area contributed by atoms with Crippen molar-refractivity contribution in [3.63, 3.8) is 0 Å². The lowest BCUT2D eigenvalue weighted by Crippen LogP contribution is -2.35. The Labute approximate surface area is 166 Å². The van der Waals surface area contributed by atoms with E-state index in [2.05, 4.69) is 5.32 Å². The maximum atomic E-state index is 12.9. The van der Waals surface area contributed by atoms with E-state index in [0.29, 0.717) is 16.3 Å². The molecule has 0 fully saturated rings. The highest BCUT2D eigenvalue weighted by atomic mass is 35.5. The molecule has 1 atom stereocenters. The first-order valence-corrected chi connectivity index (χ1v) is 8.89. The predicted octanol–water partition coefficient (Wildman–Crippen LogP) is 4.60. The fourth-order valence-electron chi connectivity index (χ4n) is 2.46. The van der Waals surface area contributed by atoms with Crippen LogP contribution < -0.4 is 5.32 Å². The number of hydrogen-bond donors (Lipinski definition) is 1. The van der Waals surface area contributed by atoms with Crippen molar-refractivity contribution in [1.29, 1.82) is 0 Å². The molecule has 2 aromatic carbocycles. The molecule has 5 nitrogen and oxygen atoms in total. The van der Waals surface area contributed by atoms with E-state index in [0.717, 1.165) is 5.56 Å². The molecule has 3 aromatic rings. The van der Waals surface area contributed by atoms with E-state index in [1.807, 2.05) is 0 Å². The van der Waals surface area contributed by atoms with E-state index < -0.39 is 18.0 Å². The third kappa shape index (κ3) is 4.78. The van der Waals surface area contributed by atoms with Crippen LogP contribution in [0.25, 0.3) is 11.3 Å². The van der Waals surface area contributed by atoms with Crippen molar-refractivity contribution in [3.8, 4) is 11.3 Å². The quantitative estimate of drug-likeness (QED) is 0.613. The van der Waals surface area contributed by atoms with Gasteiger partial charge in [-0.2, -0.15) is 0 Å². The zero-order valence-corrected chi connectivity index (χ0v) is 15.7. The van der Waals surface area contributed by atoms with Crippen molar-refractivity contribution in [2.45, 2.75) is 19.6 Å². The zero-order valence-electron chi connectivity index (χ0n) is 14.9. The van der Waals surface area contributed by atoms with Crippen molar-refractivity contribution in [3.05, 3.63) is 82.8 Å². The molecule has 0 unspecified atom stereocenters. The minimum atomic E-state index is -1.03. The SMILES string of the molecule is C[C@H](OC(=O)c1ccc(-c2ccccc2Cl)o1)C(=O)NCc1ccc(F)cc1. The molecular formula is C21H17ClFNO4. The van der Waals surface area contributed by atoms with Gasteiger partial charge in [0, 0.05) is 12.1 Å². The number of ether oxygens (including phenoxy) is 1. The second-order valence-corrected chi connectivity index (χ2v) is 6.44. The highest BCUT2D eigenvalue weighted by Crippen LogP contribution is 2.29. The van der Waals surface area contributed by atoms with Gasteiger partial charge in [0.2, 0.25) is 5.76 Å². The molecule has 0 aliphatic heterocycles. The number of furan rings is 1. The van der Waals surface area contributed by atoms with Crippen LogP contribution in [0.3, 0.4) is 0 Å². The fourth-order valence-corrected chi connectivity index (χ4v) is 2.69. The number of nitrogens with one attached hydrogen (secondary N) is 1. The molecule has 0 spiro atoms. The molecule has 0 bridgehead atoms. The molecule has 0 saturated carbocycles. The molecule has 1 aromatic heterocycles. The van der Waals surface area contributed by atoms with Gasteiger partial charge in [-0.25, -0.2) is 9.18 Å². The van der Waals surface area contributed by atoms with Gasteiger partial charge < -0.3 is 14.5 Å². The smallest absolute Gasteiger partial charge is 0.375 e. The number of carbonyl (C=O) groups is 2. The Kier molecular flexibility index (Phi) is 6.11. The standard InChI is InChI=1S/C21H17ClFNO4/c1-13(20(25)24-12-14-6-8-15(23)9-7-14)27-21(26)19-11-10-18(28-19)16-4-2-3-5-17(16)22/h2-11,13H,12H2,1H3,(H,24,25)/t13-/m0/s1. The van der Waals surface area contributed by atoms with Gasteiger partial charge in [0.25, 0.3) is 5.91 Å². The van der Waals surface area contributed by atoms with Gasteiger partial charge in [0.15, 0.2) is 6.10 Å². The molecule has 1 heterocycles. The summed E-state index contributed by atoms with van der Waals surface area (Å²) < 4.78 is 23.5. The number of rotatable bonds is 6. The Bertz CT molecular complexity index is 984. The molecule has 1 N–H and O–H groups in total. The summed E-state index contributed by atoms with van der Waals surface area (Å²) in [5.41, 5.74) is 1.37. The van der Waals surface area contributed by atoms with Crippen LogP contribution in [0.2, 0.25) is 5.02 Å². The fraction of sp³-hybridized carbons (Fsp3) is 0.143. The van der Waals surface area contributed by atoms with E-state index in [-0.39, 0.29) is 18.1 Å². The van der Waals surface area contributed by atoms with E-state index in [4.69, 9.17) is 20.8 Å². The van der Waals surface area contributed by atoms with Gasteiger partial charge in [0.05, 0.1) is 5.02 Å². The van der Waals surface area contributed by atoms with Crippen LogP contribution >= 0.6 is 11.6 Å². The molecule has 0 radical (unpaired) electrons. The van der Waals surface area contributed by atoms with Gasteiger partial charge >= 0.3 is 5.97 Å². The summed E-state index contributed by atoms with van der Waals surface area (Å²) in [5.74, 6) is -1.20. The van der Waals surface area contributed by atoms with Crippen LogP contribution in [0.4, 0.5) is 4.39 Å². The largest absolute Gasteiger partial charge is 0.449 e. The summed E-state index contributed by atoms with van der Waals surface area (Å²) in [4.78, 5) is 24.3. The van der Waals surface area contributed by atoms with Crippen LogP contribution in [-0.2, 0) is 16.1 Å². The van der Waals surface area contributed by atoms with Crippen LogP contribution in [0, 0.1) is 5.82 Å². The summed E-state index contributed by atoms with van der Waals surface area (Å²) in [6.07, 6.45) is -1.03. The molecule has 3 rings (SSSR count). The third-order valence-electron chi connectivity index (χ3n) is 3.98. The third-order valence-corrected chi connectivity index (χ3v) is 4.31. The molecular weight excluding hydrogens is 385 g/mol. The van der Waals surface area contributed by atoms with Crippen molar-refractivity contribution in [2.75, 3.05) is 0 Å². The molecule has 0 aliphatic rings. The first-order chi connectivity index (χ1) is 13.4. The van der Waals surface area contributed by atoms with Gasteiger partial charge in [-0.3, -0.25) is 4.79 Å². The van der Waals surface area contributed by atoms with Gasteiger partial charge in [-0.1, -0.05) is 35.9 Å². The molecule has 144 valence electrons. The average Bonchev–Trinajstić information content (AvgIpc) is 3.17. The zero-order chi connectivity index (χ0) is 20.1. The van der Waals surface area contributed by atoms with E-state index in [9.17, 15) is 14.0 Å². The Morgan fingerprint density at radius 3 is 2.54 bits per heavy atom. The van der Waals surface area contributed by atoms with Gasteiger partial charge in [-0.05, 0) is 48.9 Å². The minimum absolute atomic E-state index is 0.0342. The number of carbonyl (C=O) groups excluding carboxylic acids is 2.